The lowest BCUT2D eigenvalue weighted by Gasteiger charge is -2.30. The van der Waals surface area contributed by atoms with Crippen LogP contribution >= 0.6 is 11.6 Å². The van der Waals surface area contributed by atoms with E-state index in [1.807, 2.05) is 55.8 Å². The van der Waals surface area contributed by atoms with Crippen LogP contribution in [0.25, 0.3) is 5.69 Å². The Kier molecular flexibility index (Phi) is 6.84. The first-order valence-electron chi connectivity index (χ1n) is 10.7. The highest BCUT2D eigenvalue weighted by Crippen LogP contribution is 2.32. The molecule has 0 saturated heterocycles. The van der Waals surface area contributed by atoms with Crippen molar-refractivity contribution in [1.29, 1.82) is 0 Å². The van der Waals surface area contributed by atoms with Crippen molar-refractivity contribution in [3.05, 3.63) is 65.4 Å². The van der Waals surface area contributed by atoms with E-state index in [2.05, 4.69) is 26.3 Å². The molecule has 0 saturated carbocycles. The van der Waals surface area contributed by atoms with Gasteiger partial charge in [-0.2, -0.15) is 4.98 Å². The zero-order valence-corrected chi connectivity index (χ0v) is 19.9. The van der Waals surface area contributed by atoms with Gasteiger partial charge in [0.25, 0.3) is 0 Å². The number of imidazole rings is 1. The van der Waals surface area contributed by atoms with Crippen LogP contribution in [-0.2, 0) is 0 Å². The SMILES string of the molecule is C/C=C(\C=C(/C)Cl)CN1CCOc2cnc(Nc3ccc(-n4cnc(C)c4)c(OC)c3)nc21. The van der Waals surface area contributed by atoms with Crippen LogP contribution in [0.1, 0.15) is 19.5 Å². The van der Waals surface area contributed by atoms with Crippen LogP contribution < -0.4 is 19.7 Å². The van der Waals surface area contributed by atoms with E-state index in [9.17, 15) is 0 Å². The number of halogens is 1. The van der Waals surface area contributed by atoms with Gasteiger partial charge in [-0.05, 0) is 44.6 Å². The molecule has 1 aromatic carbocycles. The van der Waals surface area contributed by atoms with Gasteiger partial charge in [-0.25, -0.2) is 9.97 Å². The predicted molar refractivity (Wildman–Crippen MR) is 131 cm³/mol. The van der Waals surface area contributed by atoms with E-state index < -0.39 is 0 Å². The van der Waals surface area contributed by atoms with Crippen LogP contribution in [0, 0.1) is 6.92 Å². The van der Waals surface area contributed by atoms with Gasteiger partial charge in [-0.15, -0.1) is 0 Å². The van der Waals surface area contributed by atoms with Gasteiger partial charge >= 0.3 is 0 Å². The number of hydrogen-bond acceptors (Lipinski definition) is 7. The number of hydrogen-bond donors (Lipinski definition) is 1. The summed E-state index contributed by atoms with van der Waals surface area (Å²) in [6.07, 6.45) is 9.44. The van der Waals surface area contributed by atoms with Gasteiger partial charge < -0.3 is 24.3 Å². The molecule has 2 aromatic heterocycles. The molecule has 3 heterocycles. The van der Waals surface area contributed by atoms with Gasteiger partial charge in [-0.3, -0.25) is 0 Å². The lowest BCUT2D eigenvalue weighted by molar-refractivity contribution is 0.305. The Hall–Kier alpha value is -3.52. The number of methoxy groups -OCH3 is 1. The van der Waals surface area contributed by atoms with E-state index in [4.69, 9.17) is 26.1 Å². The molecule has 172 valence electrons. The first-order valence-corrected chi connectivity index (χ1v) is 11.0. The molecule has 0 fully saturated rings. The summed E-state index contributed by atoms with van der Waals surface area (Å²) < 4.78 is 13.3. The molecule has 0 spiro atoms. The molecule has 8 nitrogen and oxygen atoms in total. The first kappa shape index (κ1) is 22.7. The molecular weight excluding hydrogens is 440 g/mol. The Bertz CT molecular complexity index is 1200. The molecule has 4 rings (SSSR count). The van der Waals surface area contributed by atoms with E-state index in [0.717, 1.165) is 40.0 Å². The van der Waals surface area contributed by atoms with Crippen molar-refractivity contribution in [1.82, 2.24) is 19.5 Å². The van der Waals surface area contributed by atoms with Crippen molar-refractivity contribution in [2.45, 2.75) is 20.8 Å². The molecule has 0 bridgehead atoms. The second-order valence-corrected chi connectivity index (χ2v) is 8.28. The third-order valence-electron chi connectivity index (χ3n) is 5.21. The zero-order chi connectivity index (χ0) is 23.4. The maximum atomic E-state index is 6.09. The second-order valence-electron chi connectivity index (χ2n) is 7.68. The lowest BCUT2D eigenvalue weighted by atomic mass is 10.2. The van der Waals surface area contributed by atoms with Crippen molar-refractivity contribution in [3.63, 3.8) is 0 Å². The van der Waals surface area contributed by atoms with E-state index in [1.54, 1.807) is 19.6 Å². The maximum Gasteiger partial charge on any atom is 0.229 e. The summed E-state index contributed by atoms with van der Waals surface area (Å²) in [5, 5.41) is 4.02. The number of allylic oxidation sites excluding steroid dienone is 2. The summed E-state index contributed by atoms with van der Waals surface area (Å²) in [5.41, 5.74) is 3.76. The Labute approximate surface area is 198 Å². The monoisotopic (exact) mass is 466 g/mol. The standard InChI is InChI=1S/C24H27ClN6O2/c1-5-18(10-16(2)25)14-30-8-9-33-22-12-26-24(29-23(22)30)28-19-6-7-20(21(11-19)32-4)31-13-17(3)27-15-31/h5-7,10-13,15H,8-9,14H2,1-4H3,(H,26,28,29)/b16-10+,18-5+. The number of nitrogens with zero attached hydrogens (tertiary/aromatic N) is 5. The minimum Gasteiger partial charge on any atom is -0.494 e. The van der Waals surface area contributed by atoms with Crippen LogP contribution in [0.5, 0.6) is 11.5 Å². The summed E-state index contributed by atoms with van der Waals surface area (Å²) in [4.78, 5) is 15.6. The number of ether oxygens (including phenoxy) is 2. The largest absolute Gasteiger partial charge is 0.494 e. The highest BCUT2D eigenvalue weighted by Gasteiger charge is 2.21. The maximum absolute atomic E-state index is 6.09. The Morgan fingerprint density at radius 3 is 2.88 bits per heavy atom. The van der Waals surface area contributed by atoms with Crippen LogP contribution in [0.4, 0.5) is 17.5 Å². The van der Waals surface area contributed by atoms with E-state index in [1.165, 1.54) is 0 Å². The minimum atomic E-state index is 0.476. The quantitative estimate of drug-likeness (QED) is 0.490. The molecule has 1 aliphatic rings. The second kappa shape index (κ2) is 9.95. The van der Waals surface area contributed by atoms with Gasteiger partial charge in [0.05, 0.1) is 37.6 Å². The molecule has 33 heavy (non-hydrogen) atoms. The van der Waals surface area contributed by atoms with Gasteiger partial charge in [0.15, 0.2) is 11.6 Å². The molecule has 9 heteroatoms. The van der Waals surface area contributed by atoms with Crippen molar-refractivity contribution < 1.29 is 9.47 Å². The van der Waals surface area contributed by atoms with Gasteiger partial charge in [-0.1, -0.05) is 17.7 Å². The van der Waals surface area contributed by atoms with E-state index in [-0.39, 0.29) is 0 Å². The number of aryl methyl sites for hydroxylation is 1. The van der Waals surface area contributed by atoms with Crippen LogP contribution in [-0.4, -0.2) is 46.3 Å². The smallest absolute Gasteiger partial charge is 0.229 e. The first-order chi connectivity index (χ1) is 16.0. The number of anilines is 3. The molecule has 0 unspecified atom stereocenters. The molecule has 3 aromatic rings. The molecular formula is C24H27ClN6O2. The third kappa shape index (κ3) is 5.28. The summed E-state index contributed by atoms with van der Waals surface area (Å²) in [5.74, 6) is 2.60. The molecule has 0 aliphatic carbocycles. The summed E-state index contributed by atoms with van der Waals surface area (Å²) in [7, 11) is 1.65. The highest BCUT2D eigenvalue weighted by atomic mass is 35.5. The zero-order valence-electron chi connectivity index (χ0n) is 19.2. The van der Waals surface area contributed by atoms with E-state index >= 15 is 0 Å². The number of rotatable bonds is 7. The average Bonchev–Trinajstić information content (AvgIpc) is 3.24. The van der Waals surface area contributed by atoms with Crippen LogP contribution in [0.15, 0.2) is 59.7 Å². The van der Waals surface area contributed by atoms with Crippen LogP contribution in [0.3, 0.4) is 0 Å². The van der Waals surface area contributed by atoms with Crippen molar-refractivity contribution in [2.75, 3.05) is 37.0 Å². The van der Waals surface area contributed by atoms with Gasteiger partial charge in [0, 0.05) is 29.5 Å². The molecule has 0 atom stereocenters. The molecule has 0 radical (unpaired) electrons. The Morgan fingerprint density at radius 1 is 1.33 bits per heavy atom. The Morgan fingerprint density at radius 2 is 2.18 bits per heavy atom. The van der Waals surface area contributed by atoms with Gasteiger partial charge in [0.1, 0.15) is 12.4 Å². The number of aromatic nitrogens is 4. The third-order valence-corrected chi connectivity index (χ3v) is 5.32. The van der Waals surface area contributed by atoms with Crippen molar-refractivity contribution in [3.8, 4) is 17.2 Å². The summed E-state index contributed by atoms with van der Waals surface area (Å²) in [6, 6.07) is 5.83. The normalized spacial score (nSPS) is 14.0. The summed E-state index contributed by atoms with van der Waals surface area (Å²) in [6.45, 7) is 7.81. The fourth-order valence-electron chi connectivity index (χ4n) is 3.62. The summed E-state index contributed by atoms with van der Waals surface area (Å²) >= 11 is 6.09. The fraction of sp³-hybridized carbons (Fsp3) is 0.292. The lowest BCUT2D eigenvalue weighted by Crippen LogP contribution is -2.35. The van der Waals surface area contributed by atoms with Crippen LogP contribution in [0.2, 0.25) is 0 Å². The Balaban J connectivity index is 1.58. The minimum absolute atomic E-state index is 0.476. The highest BCUT2D eigenvalue weighted by molar-refractivity contribution is 6.29. The van der Waals surface area contributed by atoms with Crippen molar-refractivity contribution in [2.24, 2.45) is 0 Å². The predicted octanol–water partition coefficient (Wildman–Crippen LogP) is 5.01. The molecule has 1 aliphatic heterocycles. The van der Waals surface area contributed by atoms with Gasteiger partial charge in [0.2, 0.25) is 5.95 Å². The molecule has 1 N–H and O–H groups in total. The topological polar surface area (TPSA) is 77.3 Å². The number of nitrogens with one attached hydrogen (secondary N) is 1. The molecule has 0 amide bonds. The fourth-order valence-corrected chi connectivity index (χ4v) is 3.76. The number of benzene rings is 1. The van der Waals surface area contributed by atoms with Crippen molar-refractivity contribution >= 4 is 29.1 Å². The number of fused-ring (bicyclic) bond motifs is 1. The van der Waals surface area contributed by atoms with E-state index in [0.29, 0.717) is 30.6 Å². The average molecular weight is 467 g/mol.